The number of hydrogen-bond donors (Lipinski definition) is 0. The maximum absolute atomic E-state index is 9.75. The highest BCUT2D eigenvalue weighted by Crippen LogP contribution is 2.40. The predicted octanol–water partition coefficient (Wildman–Crippen LogP) is 8.34. The lowest BCUT2D eigenvalue weighted by atomic mass is 10.0. The van der Waals surface area contributed by atoms with Crippen molar-refractivity contribution in [3.63, 3.8) is 0 Å². The monoisotopic (exact) mass is 514 g/mol. The normalized spacial score (nSPS) is 12.8. The highest BCUT2D eigenvalue weighted by Gasteiger charge is 2.31. The van der Waals surface area contributed by atoms with Crippen LogP contribution in [0.3, 0.4) is 0 Å². The molecule has 0 radical (unpaired) electrons. The minimum absolute atomic E-state index is 0.772. The molecule has 4 rings (SSSR count). The van der Waals surface area contributed by atoms with Crippen LogP contribution >= 0.6 is 0 Å². The molecule has 3 nitrogen and oxygen atoms in total. The van der Waals surface area contributed by atoms with Crippen molar-refractivity contribution in [2.24, 2.45) is 0 Å². The molecule has 0 aromatic heterocycles. The van der Waals surface area contributed by atoms with E-state index in [1.165, 1.54) is 51.8 Å². The smallest absolute Gasteiger partial charge is 0.493 e. The molecule has 1 aliphatic heterocycles. The van der Waals surface area contributed by atoms with Gasteiger partial charge in [-0.25, -0.2) is 0 Å². The molecule has 3 aromatic rings. The van der Waals surface area contributed by atoms with Crippen LogP contribution in [0, 0.1) is 0 Å². The van der Waals surface area contributed by atoms with E-state index < -0.39 is 7.25 Å². The van der Waals surface area contributed by atoms with Gasteiger partial charge in [0, 0.05) is 43.7 Å². The van der Waals surface area contributed by atoms with Crippen LogP contribution in [-0.4, -0.2) is 44.8 Å². The number of anilines is 1. The van der Waals surface area contributed by atoms with Gasteiger partial charge in [0.15, 0.2) is 0 Å². The topological polar surface area (TPSA) is 15.5 Å². The molecule has 0 amide bonds. The Labute approximate surface area is 217 Å². The van der Waals surface area contributed by atoms with Crippen LogP contribution in [0.5, 0.6) is 5.75 Å². The van der Waals surface area contributed by atoms with E-state index >= 15 is 0 Å². The van der Waals surface area contributed by atoms with Crippen molar-refractivity contribution in [2.45, 2.75) is 39.5 Å². The number of unbranched alkanes of at least 4 members (excludes halogenated alkanes) is 2. The van der Waals surface area contributed by atoms with E-state index in [2.05, 4.69) is 104 Å². The molecule has 8 heteroatoms. The Morgan fingerprint density at radius 2 is 1.54 bits per heavy atom. The third-order valence-electron chi connectivity index (χ3n) is 6.17. The van der Waals surface area contributed by atoms with Crippen LogP contribution in [0.15, 0.2) is 60.7 Å². The van der Waals surface area contributed by atoms with Crippen LogP contribution in [0.25, 0.3) is 16.8 Å². The lowest BCUT2D eigenvalue weighted by Gasteiger charge is -2.11. The number of hydrogen-bond acceptors (Lipinski definition) is 2. The van der Waals surface area contributed by atoms with Gasteiger partial charge in [-0.2, -0.15) is 4.58 Å². The lowest BCUT2D eigenvalue weighted by molar-refractivity contribution is -0.436. The maximum Gasteiger partial charge on any atom is 0.673 e. The first-order valence-corrected chi connectivity index (χ1v) is 12.8. The Morgan fingerprint density at radius 1 is 0.865 bits per heavy atom. The number of benzene rings is 3. The van der Waals surface area contributed by atoms with Crippen LogP contribution < -0.4 is 9.64 Å². The number of nitrogens with zero attached hydrogens (tertiary/aromatic N) is 2. The second kappa shape index (κ2) is 12.8. The molecule has 198 valence electrons. The van der Waals surface area contributed by atoms with E-state index in [4.69, 9.17) is 4.74 Å². The molecule has 3 aromatic carbocycles. The van der Waals surface area contributed by atoms with Gasteiger partial charge >= 0.3 is 7.25 Å². The molecule has 0 fully saturated rings. The van der Waals surface area contributed by atoms with Gasteiger partial charge in [-0.1, -0.05) is 51.0 Å². The minimum Gasteiger partial charge on any atom is -0.493 e. The van der Waals surface area contributed by atoms with Crippen molar-refractivity contribution in [3.05, 3.63) is 71.8 Å². The van der Waals surface area contributed by atoms with E-state index in [1.807, 2.05) is 0 Å². The molecule has 37 heavy (non-hydrogen) atoms. The summed E-state index contributed by atoms with van der Waals surface area (Å²) in [4.78, 5) is 2.13. The summed E-state index contributed by atoms with van der Waals surface area (Å²) < 4.78 is 47.6. The third kappa shape index (κ3) is 7.60. The molecule has 0 N–H and O–H groups in total. The molecule has 0 aliphatic carbocycles. The summed E-state index contributed by atoms with van der Waals surface area (Å²) in [5.41, 5.74) is 6.31. The summed E-state index contributed by atoms with van der Waals surface area (Å²) >= 11 is 0. The molecular formula is C29H35BF4N2O. The van der Waals surface area contributed by atoms with Crippen LogP contribution in [0.1, 0.15) is 50.7 Å². The summed E-state index contributed by atoms with van der Waals surface area (Å²) in [5.74, 6) is 0.999. The number of ether oxygens (including phenoxy) is 1. The van der Waals surface area contributed by atoms with E-state index in [1.54, 1.807) is 0 Å². The Hall–Kier alpha value is -3.29. The van der Waals surface area contributed by atoms with E-state index in [9.17, 15) is 17.3 Å². The number of allylic oxidation sites excluding steroid dienone is 1. The van der Waals surface area contributed by atoms with Gasteiger partial charge in [-0.15, -0.1) is 0 Å². The molecule has 0 saturated heterocycles. The fraction of sp³-hybridized carbons (Fsp3) is 0.345. The number of halogens is 4. The van der Waals surface area contributed by atoms with Crippen LogP contribution in [0.2, 0.25) is 0 Å². The van der Waals surface area contributed by atoms with Crippen LogP contribution in [-0.2, 0) is 0 Å². The fourth-order valence-corrected chi connectivity index (χ4v) is 4.32. The van der Waals surface area contributed by atoms with Gasteiger partial charge in [-0.3, -0.25) is 0 Å². The molecule has 0 bridgehead atoms. The van der Waals surface area contributed by atoms with E-state index in [0.717, 1.165) is 31.7 Å². The maximum atomic E-state index is 9.75. The first kappa shape index (κ1) is 28.3. The molecule has 1 aliphatic rings. The Kier molecular flexibility index (Phi) is 9.78. The quantitative estimate of drug-likeness (QED) is 0.117. The zero-order valence-corrected chi connectivity index (χ0v) is 22.0. The second-order valence-electron chi connectivity index (χ2n) is 9.22. The Morgan fingerprint density at radius 3 is 2.16 bits per heavy atom. The lowest BCUT2D eigenvalue weighted by Crippen LogP contribution is -2.13. The first-order chi connectivity index (χ1) is 17.6. The van der Waals surface area contributed by atoms with Gasteiger partial charge in [-0.05, 0) is 42.3 Å². The summed E-state index contributed by atoms with van der Waals surface area (Å²) in [5, 5.41) is 2.54. The van der Waals surface area contributed by atoms with Gasteiger partial charge in [0.25, 0.3) is 0 Å². The molecule has 0 atom stereocenters. The van der Waals surface area contributed by atoms with Crippen molar-refractivity contribution in [1.29, 1.82) is 0 Å². The Bertz CT molecular complexity index is 1250. The van der Waals surface area contributed by atoms with Crippen molar-refractivity contribution < 1.29 is 26.6 Å². The second-order valence-corrected chi connectivity index (χ2v) is 9.22. The highest BCUT2D eigenvalue weighted by atomic mass is 19.5. The summed E-state index contributed by atoms with van der Waals surface area (Å²) in [6, 6.07) is 19.7. The fourth-order valence-electron chi connectivity index (χ4n) is 4.32. The van der Waals surface area contributed by atoms with Crippen molar-refractivity contribution in [3.8, 4) is 5.75 Å². The SMILES string of the molecule is CCCCOc1ccc2c3c(cccc13)C(C=Cc1ccc(N(C)C)cc1)=[N+]2CCCC.F[B-](F)(F)F. The zero-order valence-electron chi connectivity index (χ0n) is 22.0. The van der Waals surface area contributed by atoms with E-state index in [0.29, 0.717) is 0 Å². The summed E-state index contributed by atoms with van der Waals surface area (Å²) in [6.45, 7) is 6.25. The third-order valence-corrected chi connectivity index (χ3v) is 6.17. The minimum atomic E-state index is -6.00. The molecule has 1 heterocycles. The standard InChI is InChI=1S/C29H35N2O.BF4/c1-5-7-20-31-26(17-14-22-12-15-23(16-13-22)30(3)4)24-10-9-11-25-28(32-21-8-6-2)19-18-27(31)29(24)25;2-1(3,4)5/h9-19H,5-8,20-21H2,1-4H3;/q+1;-1. The van der Waals surface area contributed by atoms with E-state index in [-0.39, 0.29) is 0 Å². The average Bonchev–Trinajstić information content (AvgIpc) is 3.16. The zero-order chi connectivity index (χ0) is 27.0. The molecule has 0 saturated carbocycles. The average molecular weight is 514 g/mol. The van der Waals surface area contributed by atoms with Crippen molar-refractivity contribution in [1.82, 2.24) is 0 Å². The van der Waals surface area contributed by atoms with Gasteiger partial charge in [0.1, 0.15) is 12.3 Å². The highest BCUT2D eigenvalue weighted by molar-refractivity contribution is 6.50. The largest absolute Gasteiger partial charge is 0.673 e. The molecular weight excluding hydrogens is 479 g/mol. The van der Waals surface area contributed by atoms with Gasteiger partial charge in [0.05, 0.1) is 17.6 Å². The van der Waals surface area contributed by atoms with Crippen molar-refractivity contribution in [2.75, 3.05) is 32.1 Å². The summed E-state index contributed by atoms with van der Waals surface area (Å²) in [7, 11) is -1.86. The Balaban J connectivity index is 0.000000695. The molecule has 0 unspecified atom stereocenters. The van der Waals surface area contributed by atoms with Crippen LogP contribution in [0.4, 0.5) is 28.6 Å². The molecule has 0 spiro atoms. The van der Waals surface area contributed by atoms with Gasteiger partial charge < -0.3 is 26.9 Å². The summed E-state index contributed by atoms with van der Waals surface area (Å²) in [6.07, 6.45) is 9.09. The van der Waals surface area contributed by atoms with Crippen molar-refractivity contribution >= 4 is 41.2 Å². The first-order valence-electron chi connectivity index (χ1n) is 12.8. The predicted molar refractivity (Wildman–Crippen MR) is 148 cm³/mol. The van der Waals surface area contributed by atoms with Gasteiger partial charge in [0.2, 0.25) is 11.4 Å². The number of rotatable bonds is 10.